The Bertz CT molecular complexity index is 373. The van der Waals surface area contributed by atoms with Crippen molar-refractivity contribution in [1.82, 2.24) is 0 Å². The molecule has 0 spiro atoms. The van der Waals surface area contributed by atoms with Crippen LogP contribution in [0, 0.1) is 17.7 Å². The Labute approximate surface area is 97.2 Å². The van der Waals surface area contributed by atoms with Crippen LogP contribution in [-0.2, 0) is 0 Å². The average Bonchev–Trinajstić information content (AvgIpc) is 2.30. The Morgan fingerprint density at radius 2 is 1.88 bits per heavy atom. The zero-order valence-corrected chi connectivity index (χ0v) is 10.0. The summed E-state index contributed by atoms with van der Waals surface area (Å²) < 4.78 is 12.8. The van der Waals surface area contributed by atoms with Gasteiger partial charge in [0.1, 0.15) is 5.82 Å². The summed E-state index contributed by atoms with van der Waals surface area (Å²) in [5, 5.41) is 0. The summed E-state index contributed by atoms with van der Waals surface area (Å²) in [5.41, 5.74) is 2.58. The molecule has 1 heteroatoms. The fraction of sp³-hybridized carbons (Fsp3) is 0.467. The molecule has 1 aromatic rings. The number of rotatable bonds is 2. The maximum absolute atomic E-state index is 12.8. The molecule has 2 rings (SSSR count). The second-order valence-corrected chi connectivity index (χ2v) is 5.00. The van der Waals surface area contributed by atoms with E-state index in [9.17, 15) is 4.39 Å². The van der Waals surface area contributed by atoms with Crippen molar-refractivity contribution < 1.29 is 4.39 Å². The molecular formula is C15H19F. The molecule has 0 aliphatic heterocycles. The van der Waals surface area contributed by atoms with Crippen molar-refractivity contribution in [3.8, 4) is 0 Å². The zero-order valence-electron chi connectivity index (χ0n) is 10.0. The molecule has 0 nitrogen and oxygen atoms in total. The fourth-order valence-electron chi connectivity index (χ4n) is 2.38. The van der Waals surface area contributed by atoms with Crippen LogP contribution in [0.15, 0.2) is 30.3 Å². The summed E-state index contributed by atoms with van der Waals surface area (Å²) in [5.74, 6) is 1.24. The minimum Gasteiger partial charge on any atom is -0.207 e. The SMILES string of the molecule is CC(C)C1C=C(c2ccc(F)cc2)CCC1. The topological polar surface area (TPSA) is 0 Å². The highest BCUT2D eigenvalue weighted by atomic mass is 19.1. The first-order valence-corrected chi connectivity index (χ1v) is 6.13. The lowest BCUT2D eigenvalue weighted by atomic mass is 9.81. The predicted octanol–water partition coefficient (Wildman–Crippen LogP) is 4.67. The highest BCUT2D eigenvalue weighted by molar-refractivity contribution is 5.66. The third kappa shape index (κ3) is 2.52. The number of benzene rings is 1. The molecule has 1 atom stereocenters. The van der Waals surface area contributed by atoms with Crippen molar-refractivity contribution in [3.05, 3.63) is 41.7 Å². The lowest BCUT2D eigenvalue weighted by Crippen LogP contribution is -2.10. The van der Waals surface area contributed by atoms with Gasteiger partial charge < -0.3 is 0 Å². The zero-order chi connectivity index (χ0) is 11.5. The van der Waals surface area contributed by atoms with Crippen LogP contribution >= 0.6 is 0 Å². The lowest BCUT2D eigenvalue weighted by molar-refractivity contribution is 0.416. The van der Waals surface area contributed by atoms with Crippen molar-refractivity contribution >= 4 is 5.57 Å². The molecule has 0 amide bonds. The molecule has 1 aliphatic rings. The van der Waals surface area contributed by atoms with Gasteiger partial charge in [-0.15, -0.1) is 0 Å². The van der Waals surface area contributed by atoms with E-state index in [1.54, 1.807) is 12.1 Å². The first-order chi connectivity index (χ1) is 7.66. The molecule has 0 bridgehead atoms. The molecule has 0 fully saturated rings. The van der Waals surface area contributed by atoms with E-state index in [4.69, 9.17) is 0 Å². The molecule has 0 saturated heterocycles. The van der Waals surface area contributed by atoms with Crippen LogP contribution in [-0.4, -0.2) is 0 Å². The lowest BCUT2D eigenvalue weighted by Gasteiger charge is -2.24. The maximum atomic E-state index is 12.8. The Morgan fingerprint density at radius 3 is 2.50 bits per heavy atom. The van der Waals surface area contributed by atoms with Crippen LogP contribution in [0.5, 0.6) is 0 Å². The Morgan fingerprint density at radius 1 is 1.19 bits per heavy atom. The van der Waals surface area contributed by atoms with Crippen LogP contribution < -0.4 is 0 Å². The van der Waals surface area contributed by atoms with E-state index in [0.29, 0.717) is 11.8 Å². The van der Waals surface area contributed by atoms with Crippen LogP contribution in [0.1, 0.15) is 38.7 Å². The molecular weight excluding hydrogens is 199 g/mol. The van der Waals surface area contributed by atoms with E-state index < -0.39 is 0 Å². The quantitative estimate of drug-likeness (QED) is 0.677. The van der Waals surface area contributed by atoms with Crippen LogP contribution in [0.25, 0.3) is 5.57 Å². The van der Waals surface area contributed by atoms with Gasteiger partial charge in [0.05, 0.1) is 0 Å². The highest BCUT2D eigenvalue weighted by Crippen LogP contribution is 2.33. The van der Waals surface area contributed by atoms with Crippen molar-refractivity contribution in [2.45, 2.75) is 33.1 Å². The van der Waals surface area contributed by atoms with Crippen LogP contribution in [0.2, 0.25) is 0 Å². The average molecular weight is 218 g/mol. The maximum Gasteiger partial charge on any atom is 0.123 e. The normalized spacial score (nSPS) is 21.0. The Kier molecular flexibility index (Phi) is 3.42. The van der Waals surface area contributed by atoms with E-state index in [1.807, 2.05) is 12.1 Å². The van der Waals surface area contributed by atoms with Gasteiger partial charge >= 0.3 is 0 Å². The molecule has 1 aliphatic carbocycles. The molecule has 16 heavy (non-hydrogen) atoms. The standard InChI is InChI=1S/C15H19F/c1-11(2)13-4-3-5-14(10-13)12-6-8-15(16)9-7-12/h6-11,13H,3-5H2,1-2H3. The second-order valence-electron chi connectivity index (χ2n) is 5.00. The van der Waals surface area contributed by atoms with Gasteiger partial charge in [0, 0.05) is 0 Å². The third-order valence-corrected chi connectivity index (χ3v) is 3.47. The van der Waals surface area contributed by atoms with Crippen LogP contribution in [0.3, 0.4) is 0 Å². The summed E-state index contributed by atoms with van der Waals surface area (Å²) in [4.78, 5) is 0. The van der Waals surface area contributed by atoms with Gasteiger partial charge in [0.2, 0.25) is 0 Å². The number of halogens is 1. The molecule has 0 radical (unpaired) electrons. The number of hydrogen-bond acceptors (Lipinski definition) is 0. The minimum absolute atomic E-state index is 0.152. The Hall–Kier alpha value is -1.11. The molecule has 1 aromatic carbocycles. The van der Waals surface area contributed by atoms with Crippen molar-refractivity contribution in [2.75, 3.05) is 0 Å². The fourth-order valence-corrected chi connectivity index (χ4v) is 2.38. The molecule has 0 N–H and O–H groups in total. The smallest absolute Gasteiger partial charge is 0.123 e. The van der Waals surface area contributed by atoms with E-state index in [2.05, 4.69) is 19.9 Å². The van der Waals surface area contributed by atoms with E-state index in [1.165, 1.54) is 24.0 Å². The van der Waals surface area contributed by atoms with Gasteiger partial charge in [0.25, 0.3) is 0 Å². The summed E-state index contributed by atoms with van der Waals surface area (Å²) in [6.07, 6.45) is 6.07. The summed E-state index contributed by atoms with van der Waals surface area (Å²) in [7, 11) is 0. The van der Waals surface area contributed by atoms with E-state index in [0.717, 1.165) is 6.42 Å². The molecule has 0 heterocycles. The predicted molar refractivity (Wildman–Crippen MR) is 66.6 cm³/mol. The van der Waals surface area contributed by atoms with Crippen molar-refractivity contribution in [3.63, 3.8) is 0 Å². The summed E-state index contributed by atoms with van der Waals surface area (Å²) in [6.45, 7) is 4.55. The van der Waals surface area contributed by atoms with Crippen LogP contribution in [0.4, 0.5) is 4.39 Å². The minimum atomic E-state index is -0.152. The molecule has 0 aromatic heterocycles. The van der Waals surface area contributed by atoms with Gasteiger partial charge in [-0.3, -0.25) is 0 Å². The van der Waals surface area contributed by atoms with Gasteiger partial charge in [-0.1, -0.05) is 32.1 Å². The first-order valence-electron chi connectivity index (χ1n) is 6.13. The van der Waals surface area contributed by atoms with Gasteiger partial charge in [-0.05, 0) is 54.4 Å². The molecule has 86 valence electrons. The Balaban J connectivity index is 2.23. The van der Waals surface area contributed by atoms with Gasteiger partial charge in [-0.2, -0.15) is 0 Å². The summed E-state index contributed by atoms with van der Waals surface area (Å²) in [6, 6.07) is 6.89. The van der Waals surface area contributed by atoms with Gasteiger partial charge in [-0.25, -0.2) is 4.39 Å². The largest absolute Gasteiger partial charge is 0.207 e. The molecule has 1 unspecified atom stereocenters. The number of hydrogen-bond donors (Lipinski definition) is 0. The molecule has 0 saturated carbocycles. The highest BCUT2D eigenvalue weighted by Gasteiger charge is 2.17. The van der Waals surface area contributed by atoms with Crippen molar-refractivity contribution in [1.29, 1.82) is 0 Å². The third-order valence-electron chi connectivity index (χ3n) is 3.47. The second kappa shape index (κ2) is 4.82. The van der Waals surface area contributed by atoms with E-state index >= 15 is 0 Å². The van der Waals surface area contributed by atoms with Gasteiger partial charge in [0.15, 0.2) is 0 Å². The number of allylic oxidation sites excluding steroid dienone is 2. The van der Waals surface area contributed by atoms with Crippen molar-refractivity contribution in [2.24, 2.45) is 11.8 Å². The van der Waals surface area contributed by atoms with E-state index in [-0.39, 0.29) is 5.82 Å². The summed E-state index contributed by atoms with van der Waals surface area (Å²) >= 11 is 0. The first kappa shape index (κ1) is 11.4. The monoisotopic (exact) mass is 218 g/mol.